The molecule has 11 aliphatic rings. The van der Waals surface area contributed by atoms with E-state index in [1.165, 1.54) is 51.4 Å². The molecule has 2 heterocycles. The smallest absolute Gasteiger partial charge is 0.378 e. The highest BCUT2D eigenvalue weighted by Crippen LogP contribution is 2.61. The van der Waals surface area contributed by atoms with Gasteiger partial charge in [0.15, 0.2) is 0 Å². The summed E-state index contributed by atoms with van der Waals surface area (Å²) < 4.78 is 63.5. The third-order valence-electron chi connectivity index (χ3n) is 17.6. The van der Waals surface area contributed by atoms with Gasteiger partial charge in [-0.05, 0) is 167 Å². The minimum absolute atomic E-state index is 0.157. The normalized spacial score (nSPS) is 45.7. The molecule has 6 fully saturated rings. The Morgan fingerprint density at radius 3 is 1.72 bits per heavy atom. The summed E-state index contributed by atoms with van der Waals surface area (Å²) in [7, 11) is -4.84. The van der Waals surface area contributed by atoms with Crippen LogP contribution in [0, 0.1) is 76.9 Å². The molecule has 12 bridgehead atoms. The number of allylic oxidation sites excluding steroid dienone is 8. The van der Waals surface area contributed by atoms with Gasteiger partial charge in [0.25, 0.3) is 0 Å². The first-order valence-electron chi connectivity index (χ1n) is 23.5. The molecule has 11 rings (SSSR count). The number of rotatable bonds is 17. The number of hydrogen-bond donors (Lipinski definition) is 0. The Hall–Kier alpha value is -0.532. The molecule has 0 aromatic heterocycles. The number of hydrogen-bond acceptors (Lipinski definition) is 9. The van der Waals surface area contributed by atoms with Gasteiger partial charge in [-0.2, -0.15) is 0 Å². The molecular weight excluding hydrogens is 797 g/mol. The first kappa shape index (κ1) is 41.5. The second kappa shape index (κ2) is 16.5. The van der Waals surface area contributed by atoms with Crippen LogP contribution in [-0.4, -0.2) is 76.9 Å². The van der Waals surface area contributed by atoms with E-state index in [4.69, 9.17) is 38.9 Å². The molecule has 16 atom stereocenters. The average Bonchev–Trinajstić information content (AvgIpc) is 4.11. The lowest BCUT2D eigenvalue weighted by Crippen LogP contribution is -2.67. The lowest BCUT2D eigenvalue weighted by atomic mass is 9.77. The van der Waals surface area contributed by atoms with Crippen molar-refractivity contribution in [2.24, 2.45) is 76.9 Å². The van der Waals surface area contributed by atoms with Crippen molar-refractivity contribution in [1.29, 1.82) is 0 Å². The fraction of sp³-hybridized carbons (Fsp3) is 0.822. The van der Waals surface area contributed by atoms with Gasteiger partial charge in [-0.15, -0.1) is 0 Å². The standard InChI is InChI=1S/C45H72O9Si4/c1-46-55(47-2,19-15-35-25-31-9-11-33(35)23-31)52-57(49-4)22-18-38-28-39-13-14-43(38)45(39)44-30-40-29-41(44)27-37(40)17-21-58(50-5,54-57)53-56(48-3,51-42-7-6-8-42)20-16-36-26-32-10-12-34(36)24-32/h9-14,30-43,45H,6-8,15-29H2,1-5H3. The monoisotopic (exact) mass is 868 g/mol. The van der Waals surface area contributed by atoms with E-state index >= 15 is 0 Å². The molecule has 5 saturated carbocycles. The van der Waals surface area contributed by atoms with Crippen molar-refractivity contribution in [3.05, 3.63) is 48.1 Å². The molecule has 0 amide bonds. The van der Waals surface area contributed by atoms with E-state index in [2.05, 4.69) is 42.5 Å². The largest absolute Gasteiger partial charge is 0.493 e. The summed E-state index contributed by atoms with van der Waals surface area (Å²) in [5.41, 5.74) is 1.78. The van der Waals surface area contributed by atoms with Gasteiger partial charge in [-0.25, -0.2) is 0 Å². The van der Waals surface area contributed by atoms with Crippen molar-refractivity contribution in [2.75, 3.05) is 35.5 Å². The average molecular weight is 869 g/mol. The van der Waals surface area contributed by atoms with Gasteiger partial charge in [0, 0.05) is 65.8 Å². The van der Waals surface area contributed by atoms with Gasteiger partial charge in [0.2, 0.25) is 0 Å². The molecule has 322 valence electrons. The van der Waals surface area contributed by atoms with Crippen LogP contribution in [0.3, 0.4) is 0 Å². The van der Waals surface area contributed by atoms with Crippen molar-refractivity contribution >= 4 is 35.2 Å². The van der Waals surface area contributed by atoms with E-state index < -0.39 is 35.2 Å². The van der Waals surface area contributed by atoms with Gasteiger partial charge < -0.3 is 38.9 Å². The first-order chi connectivity index (χ1) is 28.2. The molecule has 2 aliphatic heterocycles. The van der Waals surface area contributed by atoms with Crippen molar-refractivity contribution in [1.82, 2.24) is 0 Å². The SMILES string of the molecule is CO[Si](CCC1CC2C=CC1C2)(OC)O[Si]1(OC)CCC2CC3C=CC2C3C2=CC3CC2CC3CC[Si](OC)(O[Si](CCC2CC3C=CC2C3)(OC)OC2CCC2)O1. The van der Waals surface area contributed by atoms with Gasteiger partial charge >= 0.3 is 35.2 Å². The molecule has 16 unspecified atom stereocenters. The predicted octanol–water partition coefficient (Wildman–Crippen LogP) is 9.61. The van der Waals surface area contributed by atoms with E-state index in [0.717, 1.165) is 62.4 Å². The zero-order valence-electron chi connectivity index (χ0n) is 36.0. The van der Waals surface area contributed by atoms with Gasteiger partial charge in [0.05, 0.1) is 0 Å². The molecule has 9 aliphatic carbocycles. The molecule has 58 heavy (non-hydrogen) atoms. The maximum Gasteiger partial charge on any atom is 0.493 e. The highest BCUT2D eigenvalue weighted by atomic mass is 28.5. The van der Waals surface area contributed by atoms with Gasteiger partial charge in [-0.1, -0.05) is 48.1 Å². The second-order valence-corrected chi connectivity index (χ2v) is 32.6. The summed E-state index contributed by atoms with van der Waals surface area (Å²) in [5, 5.41) is 0. The van der Waals surface area contributed by atoms with Crippen molar-refractivity contribution in [3.63, 3.8) is 0 Å². The van der Waals surface area contributed by atoms with Crippen LogP contribution in [-0.2, 0) is 38.9 Å². The second-order valence-electron chi connectivity index (χ2n) is 20.4. The fourth-order valence-electron chi connectivity index (χ4n) is 14.2. The summed E-state index contributed by atoms with van der Waals surface area (Å²) >= 11 is 0. The van der Waals surface area contributed by atoms with E-state index in [0.29, 0.717) is 77.2 Å². The van der Waals surface area contributed by atoms with Crippen LogP contribution < -0.4 is 0 Å². The lowest BCUT2D eigenvalue weighted by Gasteiger charge is -2.45. The third-order valence-corrected chi connectivity index (χ3v) is 32.5. The zero-order chi connectivity index (χ0) is 39.7. The van der Waals surface area contributed by atoms with Crippen molar-refractivity contribution < 1.29 is 38.9 Å². The van der Waals surface area contributed by atoms with Crippen LogP contribution in [0.5, 0.6) is 0 Å². The minimum Gasteiger partial charge on any atom is -0.378 e. The Balaban J connectivity index is 0.993. The molecule has 0 spiro atoms. The van der Waals surface area contributed by atoms with Crippen LogP contribution >= 0.6 is 0 Å². The summed E-state index contributed by atoms with van der Waals surface area (Å²) in [5.74, 6) is 8.39. The minimum atomic E-state index is -3.62. The highest BCUT2D eigenvalue weighted by molar-refractivity contribution is 6.84. The third kappa shape index (κ3) is 7.67. The van der Waals surface area contributed by atoms with Crippen molar-refractivity contribution in [3.8, 4) is 0 Å². The highest BCUT2D eigenvalue weighted by Gasteiger charge is 2.63. The molecule has 0 aromatic carbocycles. The Kier molecular flexibility index (Phi) is 11.8. The first-order valence-corrected chi connectivity index (χ1v) is 31.2. The zero-order valence-corrected chi connectivity index (χ0v) is 40.0. The summed E-state index contributed by atoms with van der Waals surface area (Å²) in [6.45, 7) is 0. The van der Waals surface area contributed by atoms with Crippen LogP contribution in [0.2, 0.25) is 24.2 Å². The summed E-state index contributed by atoms with van der Waals surface area (Å²) in [4.78, 5) is 0. The summed E-state index contributed by atoms with van der Waals surface area (Å²) in [6, 6.07) is 2.88. The molecule has 1 saturated heterocycles. The quantitative estimate of drug-likeness (QED) is 0.105. The fourth-order valence-corrected chi connectivity index (χ4v) is 31.0. The van der Waals surface area contributed by atoms with Gasteiger partial charge in [-0.3, -0.25) is 0 Å². The van der Waals surface area contributed by atoms with Crippen LogP contribution in [0.25, 0.3) is 0 Å². The Bertz CT molecular complexity index is 1620. The predicted molar refractivity (Wildman–Crippen MR) is 231 cm³/mol. The molecule has 13 heteroatoms. The van der Waals surface area contributed by atoms with E-state index in [1.807, 2.05) is 14.2 Å². The van der Waals surface area contributed by atoms with Crippen LogP contribution in [0.15, 0.2) is 48.1 Å². The van der Waals surface area contributed by atoms with E-state index in [1.54, 1.807) is 26.9 Å². The Labute approximate surface area is 353 Å². The maximum atomic E-state index is 7.78. The molecular formula is C45H72O9Si4. The summed E-state index contributed by atoms with van der Waals surface area (Å²) in [6.07, 6.45) is 33.9. The molecule has 0 radical (unpaired) electrons. The van der Waals surface area contributed by atoms with Crippen LogP contribution in [0.1, 0.15) is 89.9 Å². The Morgan fingerprint density at radius 1 is 0.603 bits per heavy atom. The van der Waals surface area contributed by atoms with Crippen molar-refractivity contribution in [2.45, 2.75) is 120 Å². The molecule has 0 aromatic rings. The molecule has 9 nitrogen and oxygen atoms in total. The van der Waals surface area contributed by atoms with E-state index in [-0.39, 0.29) is 6.10 Å². The van der Waals surface area contributed by atoms with Crippen LogP contribution in [0.4, 0.5) is 0 Å². The lowest BCUT2D eigenvalue weighted by molar-refractivity contribution is 0.0107. The van der Waals surface area contributed by atoms with E-state index in [9.17, 15) is 0 Å². The molecule has 0 N–H and O–H groups in total. The van der Waals surface area contributed by atoms with Gasteiger partial charge in [0.1, 0.15) is 0 Å². The number of fused-ring (bicyclic) bond motifs is 10. The Morgan fingerprint density at radius 2 is 1.21 bits per heavy atom. The maximum absolute atomic E-state index is 7.78. The topological polar surface area (TPSA) is 83.1 Å².